The Bertz CT molecular complexity index is 639. The number of carbonyl (C=O) groups excluding carboxylic acids is 4. The van der Waals surface area contributed by atoms with Gasteiger partial charge in [-0.3, -0.25) is 14.9 Å². The Morgan fingerprint density at radius 3 is 2.19 bits per heavy atom. The van der Waals surface area contributed by atoms with E-state index in [9.17, 15) is 19.2 Å². The Morgan fingerprint density at radius 2 is 1.69 bits per heavy atom. The van der Waals surface area contributed by atoms with Gasteiger partial charge in [0.25, 0.3) is 11.8 Å². The zero-order chi connectivity index (χ0) is 19.9. The molecular weight excluding hydrogens is 342 g/mol. The lowest BCUT2D eigenvalue weighted by Crippen LogP contribution is -2.49. The quantitative estimate of drug-likeness (QED) is 0.622. The van der Waals surface area contributed by atoms with Crippen LogP contribution in [0.1, 0.15) is 45.2 Å². The van der Waals surface area contributed by atoms with Gasteiger partial charge in [0.15, 0.2) is 11.9 Å². The van der Waals surface area contributed by atoms with Gasteiger partial charge in [0, 0.05) is 6.04 Å². The SMILES string of the molecule is CC(C)NC(=O)NC(=O)C(C)OC(=O)[C@@H](NC(=O)c1ccco1)C(C)C. The van der Waals surface area contributed by atoms with Crippen molar-refractivity contribution in [3.8, 4) is 0 Å². The van der Waals surface area contributed by atoms with Gasteiger partial charge in [0.1, 0.15) is 6.04 Å². The van der Waals surface area contributed by atoms with Crippen LogP contribution in [0.4, 0.5) is 4.79 Å². The molecule has 1 unspecified atom stereocenters. The third-order valence-corrected chi connectivity index (χ3v) is 3.27. The Balaban J connectivity index is 2.64. The molecule has 3 N–H and O–H groups in total. The molecule has 26 heavy (non-hydrogen) atoms. The minimum absolute atomic E-state index is 0.0552. The molecule has 1 aromatic heterocycles. The maximum atomic E-state index is 12.3. The molecule has 0 bridgehead atoms. The van der Waals surface area contributed by atoms with E-state index in [2.05, 4.69) is 16.0 Å². The fraction of sp³-hybridized carbons (Fsp3) is 0.529. The standard InChI is InChI=1S/C17H25N3O6/c1-9(2)13(19-15(22)12-7-6-8-25-12)16(23)26-11(5)14(21)20-17(24)18-10(3)4/h6-11,13H,1-5H3,(H,19,22)(H2,18,20,21,24)/t11?,13-/m0/s1. The van der Waals surface area contributed by atoms with Gasteiger partial charge in [-0.2, -0.15) is 0 Å². The molecule has 4 amide bonds. The van der Waals surface area contributed by atoms with Crippen LogP contribution in [0.2, 0.25) is 0 Å². The van der Waals surface area contributed by atoms with Crippen molar-refractivity contribution in [3.05, 3.63) is 24.2 Å². The van der Waals surface area contributed by atoms with Crippen molar-refractivity contribution >= 4 is 23.8 Å². The first-order valence-corrected chi connectivity index (χ1v) is 8.28. The summed E-state index contributed by atoms with van der Waals surface area (Å²) in [5.74, 6) is -2.36. The van der Waals surface area contributed by atoms with Crippen LogP contribution in [0.5, 0.6) is 0 Å². The van der Waals surface area contributed by atoms with E-state index in [1.165, 1.54) is 19.3 Å². The first-order chi connectivity index (χ1) is 12.1. The van der Waals surface area contributed by atoms with Gasteiger partial charge in [-0.1, -0.05) is 13.8 Å². The second kappa shape index (κ2) is 9.59. The number of ether oxygens (including phenoxy) is 1. The van der Waals surface area contributed by atoms with E-state index < -0.39 is 36.0 Å². The van der Waals surface area contributed by atoms with Crippen molar-refractivity contribution in [2.24, 2.45) is 5.92 Å². The van der Waals surface area contributed by atoms with Crippen molar-refractivity contribution in [2.45, 2.75) is 52.8 Å². The number of imide groups is 1. The summed E-state index contributed by atoms with van der Waals surface area (Å²) in [6.45, 7) is 8.25. The molecule has 1 heterocycles. The number of carbonyl (C=O) groups is 4. The molecule has 1 rings (SSSR count). The zero-order valence-corrected chi connectivity index (χ0v) is 15.5. The third kappa shape index (κ3) is 6.58. The minimum Gasteiger partial charge on any atom is -0.459 e. The maximum Gasteiger partial charge on any atom is 0.329 e. The van der Waals surface area contributed by atoms with E-state index in [-0.39, 0.29) is 17.7 Å². The van der Waals surface area contributed by atoms with E-state index in [0.29, 0.717) is 0 Å². The van der Waals surface area contributed by atoms with E-state index in [0.717, 1.165) is 0 Å². The van der Waals surface area contributed by atoms with Gasteiger partial charge in [-0.15, -0.1) is 0 Å². The normalized spacial score (nSPS) is 13.0. The zero-order valence-electron chi connectivity index (χ0n) is 15.5. The van der Waals surface area contributed by atoms with Crippen LogP contribution in [0, 0.1) is 5.92 Å². The second-order valence-corrected chi connectivity index (χ2v) is 6.37. The van der Waals surface area contributed by atoms with Gasteiger partial charge >= 0.3 is 12.0 Å². The van der Waals surface area contributed by atoms with E-state index in [1.54, 1.807) is 33.8 Å². The van der Waals surface area contributed by atoms with E-state index >= 15 is 0 Å². The summed E-state index contributed by atoms with van der Waals surface area (Å²) in [6.07, 6.45) is 0.133. The molecule has 144 valence electrons. The lowest BCUT2D eigenvalue weighted by atomic mass is 10.0. The second-order valence-electron chi connectivity index (χ2n) is 6.37. The molecule has 9 nitrogen and oxygen atoms in total. The molecule has 0 saturated heterocycles. The predicted molar refractivity (Wildman–Crippen MR) is 92.2 cm³/mol. The van der Waals surface area contributed by atoms with Crippen LogP contribution in [-0.2, 0) is 14.3 Å². The summed E-state index contributed by atoms with van der Waals surface area (Å²) in [5.41, 5.74) is 0. The van der Waals surface area contributed by atoms with Crippen LogP contribution in [0.3, 0.4) is 0 Å². The Labute approximate surface area is 151 Å². The van der Waals surface area contributed by atoms with Gasteiger partial charge < -0.3 is 19.8 Å². The highest BCUT2D eigenvalue weighted by Crippen LogP contribution is 2.08. The lowest BCUT2D eigenvalue weighted by Gasteiger charge is -2.22. The number of hydrogen-bond acceptors (Lipinski definition) is 6. The highest BCUT2D eigenvalue weighted by molar-refractivity contribution is 5.98. The monoisotopic (exact) mass is 367 g/mol. The smallest absolute Gasteiger partial charge is 0.329 e. The molecule has 9 heteroatoms. The van der Waals surface area contributed by atoms with Crippen LogP contribution >= 0.6 is 0 Å². The molecular formula is C17H25N3O6. The highest BCUT2D eigenvalue weighted by Gasteiger charge is 2.30. The topological polar surface area (TPSA) is 127 Å². The molecule has 0 saturated carbocycles. The van der Waals surface area contributed by atoms with Crippen molar-refractivity contribution in [1.29, 1.82) is 0 Å². The lowest BCUT2D eigenvalue weighted by molar-refractivity contribution is -0.157. The van der Waals surface area contributed by atoms with E-state index in [4.69, 9.17) is 9.15 Å². The van der Waals surface area contributed by atoms with Gasteiger partial charge in [0.2, 0.25) is 0 Å². The van der Waals surface area contributed by atoms with Crippen molar-refractivity contribution in [2.75, 3.05) is 0 Å². The van der Waals surface area contributed by atoms with Crippen LogP contribution in [0.15, 0.2) is 22.8 Å². The van der Waals surface area contributed by atoms with E-state index in [1.807, 2.05) is 0 Å². The van der Waals surface area contributed by atoms with Crippen LogP contribution in [0.25, 0.3) is 0 Å². The summed E-state index contributed by atoms with van der Waals surface area (Å²) in [5, 5.41) is 7.08. The van der Waals surface area contributed by atoms with Gasteiger partial charge in [-0.25, -0.2) is 9.59 Å². The van der Waals surface area contributed by atoms with Crippen LogP contribution in [-0.4, -0.2) is 42.0 Å². The summed E-state index contributed by atoms with van der Waals surface area (Å²) in [7, 11) is 0. The number of rotatable bonds is 7. The highest BCUT2D eigenvalue weighted by atomic mass is 16.5. The van der Waals surface area contributed by atoms with Crippen molar-refractivity contribution in [3.63, 3.8) is 0 Å². The average Bonchev–Trinajstić information content (AvgIpc) is 3.05. The third-order valence-electron chi connectivity index (χ3n) is 3.27. The molecule has 0 spiro atoms. The number of furan rings is 1. The number of nitrogens with one attached hydrogen (secondary N) is 3. The van der Waals surface area contributed by atoms with Crippen molar-refractivity contribution < 1.29 is 28.3 Å². The molecule has 2 atom stereocenters. The molecule has 0 aliphatic carbocycles. The summed E-state index contributed by atoms with van der Waals surface area (Å²) in [4.78, 5) is 47.8. The summed E-state index contributed by atoms with van der Waals surface area (Å²) < 4.78 is 10.1. The summed E-state index contributed by atoms with van der Waals surface area (Å²) >= 11 is 0. The largest absolute Gasteiger partial charge is 0.459 e. The van der Waals surface area contributed by atoms with Crippen LogP contribution < -0.4 is 16.0 Å². The first kappa shape index (κ1) is 21.2. The molecule has 0 radical (unpaired) electrons. The fourth-order valence-electron chi connectivity index (χ4n) is 1.93. The molecule has 0 aromatic carbocycles. The molecule has 1 aromatic rings. The van der Waals surface area contributed by atoms with Gasteiger partial charge in [-0.05, 0) is 38.8 Å². The Hall–Kier alpha value is -2.84. The molecule has 0 aliphatic rings. The Kier molecular flexibility index (Phi) is 7.82. The average molecular weight is 367 g/mol. The number of urea groups is 1. The summed E-state index contributed by atoms with van der Waals surface area (Å²) in [6, 6.07) is 1.20. The predicted octanol–water partition coefficient (Wildman–Crippen LogP) is 1.20. The number of esters is 1. The minimum atomic E-state index is -1.21. The number of hydrogen-bond donors (Lipinski definition) is 3. The van der Waals surface area contributed by atoms with Crippen molar-refractivity contribution in [1.82, 2.24) is 16.0 Å². The molecule has 0 aliphatic heterocycles. The Morgan fingerprint density at radius 1 is 1.04 bits per heavy atom. The van der Waals surface area contributed by atoms with Gasteiger partial charge in [0.05, 0.1) is 6.26 Å². The molecule has 0 fully saturated rings. The fourth-order valence-corrected chi connectivity index (χ4v) is 1.93. The first-order valence-electron chi connectivity index (χ1n) is 8.28. The number of amides is 4. The maximum absolute atomic E-state index is 12.3.